The van der Waals surface area contributed by atoms with Crippen molar-refractivity contribution in [1.82, 2.24) is 0 Å². The van der Waals surface area contributed by atoms with Crippen LogP contribution in [-0.4, -0.2) is 0 Å². The van der Waals surface area contributed by atoms with E-state index in [9.17, 15) is 0 Å². The maximum absolute atomic E-state index is 2.28. The average Bonchev–Trinajstić information content (AvgIpc) is 2.79. The molecule has 0 nitrogen and oxygen atoms in total. The molecule has 3 aromatic carbocycles. The molecule has 0 saturated carbocycles. The summed E-state index contributed by atoms with van der Waals surface area (Å²) in [4.78, 5) is 0. The van der Waals surface area contributed by atoms with E-state index in [2.05, 4.69) is 68.4 Å². The minimum absolute atomic E-state index is 0. The molecule has 0 aromatic heterocycles. The van der Waals surface area contributed by atoms with E-state index in [1.54, 1.807) is 0 Å². The second-order valence-electron chi connectivity index (χ2n) is 4.89. The van der Waals surface area contributed by atoms with Gasteiger partial charge in [-0.05, 0) is 17.5 Å². The number of hydrogen-bond donors (Lipinski definition) is 0. The van der Waals surface area contributed by atoms with Crippen molar-refractivity contribution in [3.05, 3.63) is 65.7 Å². The molecule has 1 heteroatoms. The van der Waals surface area contributed by atoms with Crippen LogP contribution in [0, 0.1) is 6.92 Å². The van der Waals surface area contributed by atoms with E-state index >= 15 is 0 Å². The second kappa shape index (κ2) is 5.93. The maximum Gasteiger partial charge on any atom is 0 e. The van der Waals surface area contributed by atoms with Crippen molar-refractivity contribution >= 4 is 10.8 Å². The first-order chi connectivity index (χ1) is 8.78. The molecule has 0 aliphatic carbocycles. The summed E-state index contributed by atoms with van der Waals surface area (Å²) in [5.74, 6) is 0. The molecule has 94 valence electrons. The molecule has 0 fully saturated rings. The number of rotatable bonds is 2. The van der Waals surface area contributed by atoms with Gasteiger partial charge >= 0.3 is 0 Å². The summed E-state index contributed by atoms with van der Waals surface area (Å²) < 4.78 is 0. The van der Waals surface area contributed by atoms with E-state index < -0.39 is 0 Å². The molecule has 0 heterocycles. The van der Waals surface area contributed by atoms with Gasteiger partial charge in [0.05, 0.1) is 0 Å². The first-order valence-electron chi connectivity index (χ1n) is 6.53. The van der Waals surface area contributed by atoms with E-state index in [1.165, 1.54) is 33.0 Å². The van der Waals surface area contributed by atoms with Gasteiger partial charge in [-0.25, -0.2) is 0 Å². The third-order valence-corrected chi connectivity index (χ3v) is 3.57. The molecule has 0 radical (unpaired) electrons. The number of benzene rings is 2. The molecular formula is C18H17Zr-. The minimum Gasteiger partial charge on any atom is -0.165 e. The van der Waals surface area contributed by atoms with E-state index in [-0.39, 0.29) is 26.2 Å². The van der Waals surface area contributed by atoms with Crippen LogP contribution in [0.15, 0.2) is 54.6 Å². The van der Waals surface area contributed by atoms with Crippen LogP contribution >= 0.6 is 0 Å². The van der Waals surface area contributed by atoms with Crippen molar-refractivity contribution in [3.8, 4) is 11.1 Å². The summed E-state index contributed by atoms with van der Waals surface area (Å²) in [6.45, 7) is 4.35. The van der Waals surface area contributed by atoms with Crippen LogP contribution in [0.2, 0.25) is 0 Å². The van der Waals surface area contributed by atoms with Crippen LogP contribution in [0.5, 0.6) is 0 Å². The molecule has 0 unspecified atom stereocenters. The Balaban J connectivity index is 0.00000133. The molecule has 0 amide bonds. The normalized spacial score (nSPS) is 10.4. The SMILES string of the molecule is CCc1ccc(-c2cccc3[cH-]c(C)cc23)cc1.[Zr]. The average molecular weight is 325 g/mol. The molecule has 3 rings (SSSR count). The maximum atomic E-state index is 2.28. The number of fused-ring (bicyclic) bond motifs is 1. The Morgan fingerprint density at radius 1 is 1.00 bits per heavy atom. The Hall–Kier alpha value is -1.07. The Bertz CT molecular complexity index is 674. The molecule has 0 aliphatic rings. The number of hydrogen-bond acceptors (Lipinski definition) is 0. The zero-order valence-electron chi connectivity index (χ0n) is 11.4. The largest absolute Gasteiger partial charge is 0.165 e. The quantitative estimate of drug-likeness (QED) is 0.576. The van der Waals surface area contributed by atoms with E-state index in [4.69, 9.17) is 0 Å². The summed E-state index contributed by atoms with van der Waals surface area (Å²) in [5.41, 5.74) is 5.37. The molecule has 0 saturated heterocycles. The zero-order chi connectivity index (χ0) is 12.5. The fourth-order valence-corrected chi connectivity index (χ4v) is 2.56. The monoisotopic (exact) mass is 323 g/mol. The minimum atomic E-state index is 0. The Morgan fingerprint density at radius 2 is 1.74 bits per heavy atom. The Labute approximate surface area is 134 Å². The molecule has 0 spiro atoms. The van der Waals surface area contributed by atoms with E-state index in [0.29, 0.717) is 0 Å². The van der Waals surface area contributed by atoms with Crippen molar-refractivity contribution in [2.24, 2.45) is 0 Å². The second-order valence-corrected chi connectivity index (χ2v) is 4.89. The summed E-state index contributed by atoms with van der Waals surface area (Å²) in [6, 6.07) is 20.0. The standard InChI is InChI=1S/C18H17.Zr/c1-3-14-7-9-15(10-8-14)17-6-4-5-16-11-13(2)12-18(16)17;/h4-12H,3H2,1-2H3;/q-1;. The third kappa shape index (κ3) is 2.77. The topological polar surface area (TPSA) is 0 Å². The fraction of sp³-hybridized carbons (Fsp3) is 0.167. The van der Waals surface area contributed by atoms with Crippen molar-refractivity contribution in [2.45, 2.75) is 20.3 Å². The van der Waals surface area contributed by atoms with Crippen molar-refractivity contribution < 1.29 is 26.2 Å². The molecule has 19 heavy (non-hydrogen) atoms. The van der Waals surface area contributed by atoms with Crippen LogP contribution in [0.1, 0.15) is 18.1 Å². The van der Waals surface area contributed by atoms with Crippen molar-refractivity contribution in [3.63, 3.8) is 0 Å². The van der Waals surface area contributed by atoms with Crippen molar-refractivity contribution in [2.75, 3.05) is 0 Å². The van der Waals surface area contributed by atoms with Crippen LogP contribution in [0.4, 0.5) is 0 Å². The van der Waals surface area contributed by atoms with Gasteiger partial charge in [-0.2, -0.15) is 6.07 Å². The van der Waals surface area contributed by atoms with Gasteiger partial charge in [0.15, 0.2) is 0 Å². The fourth-order valence-electron chi connectivity index (χ4n) is 2.56. The zero-order valence-corrected chi connectivity index (χ0v) is 13.9. The molecule has 3 aromatic rings. The summed E-state index contributed by atoms with van der Waals surface area (Å²) >= 11 is 0. The summed E-state index contributed by atoms with van der Waals surface area (Å²) in [7, 11) is 0. The molecular weight excluding hydrogens is 307 g/mol. The summed E-state index contributed by atoms with van der Waals surface area (Å²) in [5, 5.41) is 2.70. The van der Waals surface area contributed by atoms with Crippen LogP contribution < -0.4 is 0 Å². The third-order valence-electron chi connectivity index (χ3n) is 3.57. The van der Waals surface area contributed by atoms with Crippen LogP contribution in [0.3, 0.4) is 0 Å². The first kappa shape index (κ1) is 14.3. The Kier molecular flexibility index (Phi) is 4.47. The van der Waals surface area contributed by atoms with Crippen LogP contribution in [-0.2, 0) is 32.6 Å². The van der Waals surface area contributed by atoms with Gasteiger partial charge in [-0.3, -0.25) is 0 Å². The van der Waals surface area contributed by atoms with Gasteiger partial charge in [0, 0.05) is 26.2 Å². The molecule has 0 aliphatic heterocycles. The predicted molar refractivity (Wildman–Crippen MR) is 79.1 cm³/mol. The first-order valence-corrected chi connectivity index (χ1v) is 6.53. The Morgan fingerprint density at radius 3 is 2.42 bits per heavy atom. The summed E-state index contributed by atoms with van der Waals surface area (Å²) in [6.07, 6.45) is 1.10. The van der Waals surface area contributed by atoms with E-state index in [0.717, 1.165) is 6.42 Å². The predicted octanol–water partition coefficient (Wildman–Crippen LogP) is 5.09. The number of aryl methyl sites for hydroxylation is 2. The molecule has 0 N–H and O–H groups in total. The molecule has 0 atom stereocenters. The van der Waals surface area contributed by atoms with Gasteiger partial charge < -0.3 is 0 Å². The smallest absolute Gasteiger partial charge is 0 e. The van der Waals surface area contributed by atoms with Gasteiger partial charge in [0.25, 0.3) is 0 Å². The van der Waals surface area contributed by atoms with Crippen LogP contribution in [0.25, 0.3) is 21.9 Å². The van der Waals surface area contributed by atoms with Gasteiger partial charge in [0.1, 0.15) is 0 Å². The van der Waals surface area contributed by atoms with Gasteiger partial charge in [0.2, 0.25) is 0 Å². The van der Waals surface area contributed by atoms with Crippen molar-refractivity contribution in [1.29, 1.82) is 0 Å². The van der Waals surface area contributed by atoms with Gasteiger partial charge in [-0.15, -0.1) is 34.5 Å². The van der Waals surface area contributed by atoms with E-state index in [1.807, 2.05) is 0 Å². The molecule has 0 bridgehead atoms. The van der Waals surface area contributed by atoms with Gasteiger partial charge in [-0.1, -0.05) is 49.7 Å².